The van der Waals surface area contributed by atoms with Gasteiger partial charge in [0.05, 0.1) is 6.20 Å². The number of aromatic nitrogens is 4. The number of likely N-dealkylation sites (tertiary alicyclic amines) is 1. The van der Waals surface area contributed by atoms with E-state index < -0.39 is 0 Å². The highest BCUT2D eigenvalue weighted by Gasteiger charge is 2.27. The number of pyridine rings is 1. The van der Waals surface area contributed by atoms with E-state index in [4.69, 9.17) is 4.42 Å². The van der Waals surface area contributed by atoms with Gasteiger partial charge >= 0.3 is 0 Å². The predicted octanol–water partition coefficient (Wildman–Crippen LogP) is 3.72. The zero-order valence-corrected chi connectivity index (χ0v) is 16.6. The maximum Gasteiger partial charge on any atom is 0.223 e. The number of carbonyl (C=O) groups excluding carboxylic acids is 1. The van der Waals surface area contributed by atoms with Crippen LogP contribution < -0.4 is 0 Å². The molecule has 3 aromatic heterocycles. The zero-order chi connectivity index (χ0) is 20.3. The number of benzene rings is 1. The van der Waals surface area contributed by atoms with Crippen LogP contribution in [0.2, 0.25) is 0 Å². The predicted molar refractivity (Wildman–Crippen MR) is 112 cm³/mol. The first-order valence-corrected chi connectivity index (χ1v) is 10.4. The van der Waals surface area contributed by atoms with Crippen molar-refractivity contribution < 1.29 is 9.21 Å². The molecule has 0 N–H and O–H groups in total. The monoisotopic (exact) mass is 401 g/mol. The van der Waals surface area contributed by atoms with Crippen molar-refractivity contribution in [2.75, 3.05) is 13.1 Å². The standard InChI is InChI=1S/C23H23N5O2/c29-22(12-11-21-24-15-19(30-21)17-7-2-1-3-8-17)27-13-6-9-18(16-27)23-26-25-20-10-4-5-14-28(20)23/h1-5,7-8,10,14-15,18H,6,9,11-13,16H2. The summed E-state index contributed by atoms with van der Waals surface area (Å²) in [5.74, 6) is 2.59. The quantitative estimate of drug-likeness (QED) is 0.509. The average molecular weight is 401 g/mol. The summed E-state index contributed by atoms with van der Waals surface area (Å²) in [6.45, 7) is 1.46. The van der Waals surface area contributed by atoms with Crippen molar-refractivity contribution in [3.05, 3.63) is 72.6 Å². The highest BCUT2D eigenvalue weighted by atomic mass is 16.4. The lowest BCUT2D eigenvalue weighted by Crippen LogP contribution is -2.39. The largest absolute Gasteiger partial charge is 0.441 e. The van der Waals surface area contributed by atoms with E-state index in [9.17, 15) is 4.79 Å². The van der Waals surface area contributed by atoms with Gasteiger partial charge in [-0.1, -0.05) is 36.4 Å². The van der Waals surface area contributed by atoms with E-state index in [0.717, 1.165) is 42.2 Å². The summed E-state index contributed by atoms with van der Waals surface area (Å²) in [5, 5.41) is 8.64. The topological polar surface area (TPSA) is 76.5 Å². The Labute approximate surface area is 174 Å². The number of hydrogen-bond acceptors (Lipinski definition) is 5. The third kappa shape index (κ3) is 3.70. The van der Waals surface area contributed by atoms with Gasteiger partial charge in [-0.25, -0.2) is 4.98 Å². The minimum Gasteiger partial charge on any atom is -0.441 e. The number of rotatable bonds is 5. The van der Waals surface area contributed by atoms with Crippen LogP contribution in [0.5, 0.6) is 0 Å². The highest BCUT2D eigenvalue weighted by Crippen LogP contribution is 2.27. The van der Waals surface area contributed by atoms with E-state index in [1.54, 1.807) is 6.20 Å². The molecule has 7 nitrogen and oxygen atoms in total. The Bertz CT molecular complexity index is 1150. The van der Waals surface area contributed by atoms with Gasteiger partial charge in [-0.05, 0) is 25.0 Å². The van der Waals surface area contributed by atoms with E-state index in [-0.39, 0.29) is 11.8 Å². The Balaban J connectivity index is 1.22. The van der Waals surface area contributed by atoms with Gasteiger partial charge < -0.3 is 9.32 Å². The fourth-order valence-electron chi connectivity index (χ4n) is 4.09. The number of carbonyl (C=O) groups is 1. The molecule has 7 heteroatoms. The molecular formula is C23H23N5O2. The first-order chi connectivity index (χ1) is 14.8. The molecule has 1 amide bonds. The third-order valence-corrected chi connectivity index (χ3v) is 5.64. The van der Waals surface area contributed by atoms with Gasteiger partial charge in [-0.2, -0.15) is 0 Å². The third-order valence-electron chi connectivity index (χ3n) is 5.64. The van der Waals surface area contributed by atoms with Crippen LogP contribution in [-0.4, -0.2) is 43.5 Å². The molecule has 1 atom stereocenters. The number of oxazole rings is 1. The minimum atomic E-state index is 0.132. The van der Waals surface area contributed by atoms with Gasteiger partial charge in [0.1, 0.15) is 5.82 Å². The summed E-state index contributed by atoms with van der Waals surface area (Å²) in [4.78, 5) is 19.1. The van der Waals surface area contributed by atoms with Crippen molar-refractivity contribution in [2.24, 2.45) is 0 Å². The first-order valence-electron chi connectivity index (χ1n) is 10.4. The van der Waals surface area contributed by atoms with Crippen LogP contribution >= 0.6 is 0 Å². The zero-order valence-electron chi connectivity index (χ0n) is 16.6. The number of fused-ring (bicyclic) bond motifs is 1. The first kappa shape index (κ1) is 18.5. The lowest BCUT2D eigenvalue weighted by molar-refractivity contribution is -0.132. The van der Waals surface area contributed by atoms with Crippen molar-refractivity contribution in [1.29, 1.82) is 0 Å². The molecule has 4 aromatic rings. The number of amides is 1. The van der Waals surface area contributed by atoms with Crippen molar-refractivity contribution in [3.63, 3.8) is 0 Å². The molecule has 0 bridgehead atoms. The lowest BCUT2D eigenvalue weighted by atomic mass is 9.97. The second kappa shape index (κ2) is 8.10. The molecule has 0 aliphatic carbocycles. The Kier molecular flexibility index (Phi) is 5.01. The van der Waals surface area contributed by atoms with Crippen LogP contribution in [0.25, 0.3) is 17.0 Å². The van der Waals surface area contributed by atoms with E-state index >= 15 is 0 Å². The van der Waals surface area contributed by atoms with Gasteiger partial charge in [0.25, 0.3) is 0 Å². The van der Waals surface area contributed by atoms with E-state index in [1.165, 1.54) is 0 Å². The average Bonchev–Trinajstić information content (AvgIpc) is 3.45. The van der Waals surface area contributed by atoms with Gasteiger partial charge in [0, 0.05) is 43.6 Å². The van der Waals surface area contributed by atoms with Crippen LogP contribution in [0.4, 0.5) is 0 Å². The Hall–Kier alpha value is -3.48. The Morgan fingerprint density at radius 1 is 1.10 bits per heavy atom. The van der Waals surface area contributed by atoms with Crippen LogP contribution in [0.1, 0.15) is 36.9 Å². The van der Waals surface area contributed by atoms with Gasteiger partial charge in [-0.15, -0.1) is 10.2 Å². The molecule has 1 fully saturated rings. The molecule has 0 saturated carbocycles. The van der Waals surface area contributed by atoms with E-state index in [0.29, 0.717) is 25.3 Å². The molecule has 4 heterocycles. The van der Waals surface area contributed by atoms with Crippen LogP contribution in [-0.2, 0) is 11.2 Å². The normalized spacial score (nSPS) is 16.8. The maximum absolute atomic E-state index is 12.8. The van der Waals surface area contributed by atoms with E-state index in [1.807, 2.05) is 64.0 Å². The number of hydrogen-bond donors (Lipinski definition) is 0. The molecule has 152 valence electrons. The summed E-state index contributed by atoms with van der Waals surface area (Å²) in [5.41, 5.74) is 1.83. The number of piperidine rings is 1. The lowest BCUT2D eigenvalue weighted by Gasteiger charge is -2.32. The molecule has 1 saturated heterocycles. The molecule has 1 aromatic carbocycles. The van der Waals surface area contributed by atoms with Crippen molar-refractivity contribution >= 4 is 11.6 Å². The van der Waals surface area contributed by atoms with Crippen molar-refractivity contribution in [2.45, 2.75) is 31.6 Å². The summed E-state index contributed by atoms with van der Waals surface area (Å²) in [6.07, 6.45) is 6.58. The highest BCUT2D eigenvalue weighted by molar-refractivity contribution is 5.76. The van der Waals surface area contributed by atoms with Crippen molar-refractivity contribution in [1.82, 2.24) is 24.5 Å². The SMILES string of the molecule is O=C(CCc1ncc(-c2ccccc2)o1)N1CCCC(c2nnc3ccccn23)C1. The number of aryl methyl sites for hydroxylation is 1. The second-order valence-electron chi connectivity index (χ2n) is 7.65. The number of nitrogens with zero attached hydrogens (tertiary/aromatic N) is 5. The van der Waals surface area contributed by atoms with Gasteiger partial charge in [0.2, 0.25) is 5.91 Å². The maximum atomic E-state index is 12.8. The summed E-state index contributed by atoms with van der Waals surface area (Å²) in [6, 6.07) is 15.7. The van der Waals surface area contributed by atoms with Crippen LogP contribution in [0.15, 0.2) is 65.3 Å². The molecule has 1 aliphatic heterocycles. The second-order valence-corrected chi connectivity index (χ2v) is 7.65. The molecule has 0 spiro atoms. The van der Waals surface area contributed by atoms with Crippen LogP contribution in [0, 0.1) is 0 Å². The summed E-state index contributed by atoms with van der Waals surface area (Å²) >= 11 is 0. The molecule has 0 radical (unpaired) electrons. The molecule has 1 unspecified atom stereocenters. The Morgan fingerprint density at radius 2 is 1.97 bits per heavy atom. The molecular weight excluding hydrogens is 378 g/mol. The van der Waals surface area contributed by atoms with E-state index in [2.05, 4.69) is 15.2 Å². The van der Waals surface area contributed by atoms with Crippen LogP contribution in [0.3, 0.4) is 0 Å². The molecule has 30 heavy (non-hydrogen) atoms. The minimum absolute atomic E-state index is 0.132. The summed E-state index contributed by atoms with van der Waals surface area (Å²) < 4.78 is 7.86. The van der Waals surface area contributed by atoms with Gasteiger partial charge in [0.15, 0.2) is 17.3 Å². The molecule has 1 aliphatic rings. The molecule has 5 rings (SSSR count). The van der Waals surface area contributed by atoms with Gasteiger partial charge in [-0.3, -0.25) is 9.20 Å². The Morgan fingerprint density at radius 3 is 2.87 bits per heavy atom. The fraction of sp³-hybridized carbons (Fsp3) is 0.304. The summed E-state index contributed by atoms with van der Waals surface area (Å²) in [7, 11) is 0. The smallest absolute Gasteiger partial charge is 0.223 e. The van der Waals surface area contributed by atoms with Crippen molar-refractivity contribution in [3.8, 4) is 11.3 Å². The fourth-order valence-corrected chi connectivity index (χ4v) is 4.09.